The maximum Gasteiger partial charge on any atom is 0.417 e. The lowest BCUT2D eigenvalue weighted by atomic mass is 10.1. The first-order valence-corrected chi connectivity index (χ1v) is 13.0. The van der Waals surface area contributed by atoms with E-state index < -0.39 is 38.7 Å². The van der Waals surface area contributed by atoms with Crippen LogP contribution in [0.5, 0.6) is 0 Å². The molecule has 0 saturated carbocycles. The average Bonchev–Trinajstić information content (AvgIpc) is 3.25. The predicted molar refractivity (Wildman–Crippen MR) is 126 cm³/mol. The molecule has 1 aliphatic heterocycles. The van der Waals surface area contributed by atoms with Crippen LogP contribution in [0.25, 0.3) is 0 Å². The molecule has 1 N–H and O–H groups in total. The first-order valence-electron chi connectivity index (χ1n) is 10.8. The third-order valence-electron chi connectivity index (χ3n) is 5.69. The number of amides is 1. The van der Waals surface area contributed by atoms with Crippen LogP contribution in [0, 0.1) is 0 Å². The molecule has 0 unspecified atom stereocenters. The lowest BCUT2D eigenvalue weighted by Gasteiger charge is -2.29. The van der Waals surface area contributed by atoms with E-state index in [0.29, 0.717) is 10.4 Å². The minimum absolute atomic E-state index is 0.152. The normalized spacial score (nSPS) is 15.8. The quantitative estimate of drug-likeness (QED) is 0.562. The number of halogens is 4. The Morgan fingerprint density at radius 3 is 2.26 bits per heavy atom. The molecule has 0 aliphatic carbocycles. The molecule has 1 fully saturated rings. The van der Waals surface area contributed by atoms with Crippen LogP contribution in [-0.2, 0) is 34.1 Å². The van der Waals surface area contributed by atoms with E-state index in [9.17, 15) is 26.4 Å². The van der Waals surface area contributed by atoms with Crippen LogP contribution >= 0.6 is 11.6 Å². The molecule has 34 heavy (non-hydrogen) atoms. The summed E-state index contributed by atoms with van der Waals surface area (Å²) in [6.45, 7) is 4.51. The highest BCUT2D eigenvalue weighted by Gasteiger charge is 2.36. The van der Waals surface area contributed by atoms with Gasteiger partial charge in [0.1, 0.15) is 6.04 Å². The number of nitrogens with one attached hydrogen (secondary N) is 1. The highest BCUT2D eigenvalue weighted by atomic mass is 35.5. The summed E-state index contributed by atoms with van der Waals surface area (Å²) < 4.78 is 65.3. The number of hydrogen-bond acceptors (Lipinski definition) is 4. The minimum atomic E-state index is -4.78. The van der Waals surface area contributed by atoms with Crippen molar-refractivity contribution < 1.29 is 26.4 Å². The number of benzene rings is 2. The van der Waals surface area contributed by atoms with Gasteiger partial charge < -0.3 is 5.32 Å². The van der Waals surface area contributed by atoms with Gasteiger partial charge in [0.15, 0.2) is 0 Å². The van der Waals surface area contributed by atoms with Crippen molar-refractivity contribution in [2.45, 2.75) is 45.1 Å². The summed E-state index contributed by atoms with van der Waals surface area (Å²) >= 11 is 5.65. The molecule has 6 nitrogen and oxygen atoms in total. The zero-order valence-electron chi connectivity index (χ0n) is 18.9. The van der Waals surface area contributed by atoms with Crippen molar-refractivity contribution in [1.29, 1.82) is 0 Å². The summed E-state index contributed by atoms with van der Waals surface area (Å²) in [5.74, 6) is -0.643. The van der Waals surface area contributed by atoms with Crippen molar-refractivity contribution in [3.05, 3.63) is 64.2 Å². The highest BCUT2D eigenvalue weighted by molar-refractivity contribution is 7.92. The van der Waals surface area contributed by atoms with Crippen LogP contribution < -0.4 is 9.62 Å². The van der Waals surface area contributed by atoms with Crippen LogP contribution in [0.2, 0.25) is 5.02 Å². The van der Waals surface area contributed by atoms with Crippen LogP contribution in [0.15, 0.2) is 42.5 Å². The number of hydrogen-bond donors (Lipinski definition) is 1. The molecule has 0 aromatic heterocycles. The highest BCUT2D eigenvalue weighted by Crippen LogP contribution is 2.37. The van der Waals surface area contributed by atoms with Crippen LogP contribution in [-0.4, -0.2) is 44.6 Å². The van der Waals surface area contributed by atoms with Gasteiger partial charge in [-0.15, -0.1) is 0 Å². The molecule has 2 aromatic carbocycles. The standard InChI is InChI=1S/C23H27ClF3N3O3S/c1-16(30(34(2,32)33)19-9-10-21(24)20(13-19)23(25,26)27)22(31)28-14-17-5-7-18(8-6-17)15-29-11-3-4-12-29/h5-10,13,16H,3-4,11-12,14-15H2,1-2H3,(H,28,31)/t16-/m1/s1. The summed E-state index contributed by atoms with van der Waals surface area (Å²) in [4.78, 5) is 15.1. The smallest absolute Gasteiger partial charge is 0.350 e. The molecule has 1 amide bonds. The Balaban J connectivity index is 1.70. The Morgan fingerprint density at radius 1 is 1.12 bits per heavy atom. The second-order valence-electron chi connectivity index (χ2n) is 8.41. The Kier molecular flexibility index (Phi) is 8.15. The molecule has 1 aliphatic rings. The van der Waals surface area contributed by atoms with E-state index in [0.717, 1.165) is 49.1 Å². The Hall–Kier alpha value is -2.30. The summed E-state index contributed by atoms with van der Waals surface area (Å²) in [7, 11) is -4.08. The van der Waals surface area contributed by atoms with E-state index in [-0.39, 0.29) is 12.2 Å². The molecule has 1 atom stereocenters. The van der Waals surface area contributed by atoms with Gasteiger partial charge in [-0.1, -0.05) is 35.9 Å². The lowest BCUT2D eigenvalue weighted by molar-refractivity contribution is -0.137. The topological polar surface area (TPSA) is 69.7 Å². The molecular formula is C23H27ClF3N3O3S. The number of anilines is 1. The third-order valence-corrected chi connectivity index (χ3v) is 7.26. The molecule has 11 heteroatoms. The maximum atomic E-state index is 13.3. The van der Waals surface area contributed by atoms with E-state index >= 15 is 0 Å². The van der Waals surface area contributed by atoms with Crippen LogP contribution in [0.4, 0.5) is 18.9 Å². The molecule has 0 radical (unpaired) electrons. The van der Waals surface area contributed by atoms with Gasteiger partial charge in [0.05, 0.1) is 22.5 Å². The van der Waals surface area contributed by atoms with Crippen molar-refractivity contribution in [3.8, 4) is 0 Å². The first kappa shape index (κ1) is 26.3. The maximum absolute atomic E-state index is 13.3. The fourth-order valence-electron chi connectivity index (χ4n) is 3.97. The fraction of sp³-hybridized carbons (Fsp3) is 0.435. The third kappa shape index (κ3) is 6.64. The molecule has 2 aromatic rings. The number of carbonyl (C=O) groups is 1. The summed E-state index contributed by atoms with van der Waals surface area (Å²) in [6.07, 6.45) is -1.53. The van der Waals surface area contributed by atoms with Gasteiger partial charge in [-0.3, -0.25) is 14.0 Å². The van der Waals surface area contributed by atoms with Crippen LogP contribution in [0.3, 0.4) is 0 Å². The average molecular weight is 518 g/mol. The van der Waals surface area contributed by atoms with Gasteiger partial charge in [0.25, 0.3) is 0 Å². The van der Waals surface area contributed by atoms with Crippen molar-refractivity contribution >= 4 is 33.2 Å². The molecule has 186 valence electrons. The van der Waals surface area contributed by atoms with Crippen molar-refractivity contribution in [2.75, 3.05) is 23.7 Å². The van der Waals surface area contributed by atoms with Crippen molar-refractivity contribution in [3.63, 3.8) is 0 Å². The van der Waals surface area contributed by atoms with Gasteiger partial charge in [0, 0.05) is 13.1 Å². The minimum Gasteiger partial charge on any atom is -0.350 e. The fourth-order valence-corrected chi connectivity index (χ4v) is 5.37. The Labute approximate surface area is 202 Å². The van der Waals surface area contributed by atoms with E-state index in [1.54, 1.807) is 0 Å². The molecule has 3 rings (SSSR count). The summed E-state index contributed by atoms with van der Waals surface area (Å²) in [5, 5.41) is 2.11. The number of carbonyl (C=O) groups excluding carboxylic acids is 1. The first-order chi connectivity index (χ1) is 15.9. The molecular weight excluding hydrogens is 491 g/mol. The van der Waals surface area contributed by atoms with Crippen molar-refractivity contribution in [1.82, 2.24) is 10.2 Å². The molecule has 0 spiro atoms. The zero-order chi connectivity index (χ0) is 25.1. The van der Waals surface area contributed by atoms with E-state index in [1.807, 2.05) is 24.3 Å². The predicted octanol–water partition coefficient (Wildman–Crippen LogP) is 4.43. The number of rotatable bonds is 8. The second-order valence-corrected chi connectivity index (χ2v) is 10.7. The molecule has 1 heterocycles. The van der Waals surface area contributed by atoms with Gasteiger partial charge >= 0.3 is 6.18 Å². The molecule has 1 saturated heterocycles. The number of nitrogens with zero attached hydrogens (tertiary/aromatic N) is 2. The van der Waals surface area contributed by atoms with Gasteiger partial charge in [-0.2, -0.15) is 13.2 Å². The lowest BCUT2D eigenvalue weighted by Crippen LogP contribution is -2.47. The number of likely N-dealkylation sites (tertiary alicyclic amines) is 1. The van der Waals surface area contributed by atoms with Crippen molar-refractivity contribution in [2.24, 2.45) is 0 Å². The summed E-state index contributed by atoms with van der Waals surface area (Å²) in [5.41, 5.74) is 0.509. The number of alkyl halides is 3. The Morgan fingerprint density at radius 2 is 1.71 bits per heavy atom. The monoisotopic (exact) mass is 517 g/mol. The van der Waals surface area contributed by atoms with Crippen LogP contribution in [0.1, 0.15) is 36.5 Å². The van der Waals surface area contributed by atoms with Gasteiger partial charge in [-0.05, 0) is 62.2 Å². The summed E-state index contributed by atoms with van der Waals surface area (Å²) in [6, 6.07) is 9.20. The SMILES string of the molecule is C[C@H](C(=O)NCc1ccc(CN2CCCC2)cc1)N(c1ccc(Cl)c(C(F)(F)F)c1)S(C)(=O)=O. The largest absolute Gasteiger partial charge is 0.417 e. The Bertz CT molecular complexity index is 1120. The van der Waals surface area contributed by atoms with E-state index in [2.05, 4.69) is 10.2 Å². The van der Waals surface area contributed by atoms with Gasteiger partial charge in [0.2, 0.25) is 15.9 Å². The molecule has 0 bridgehead atoms. The number of sulfonamides is 1. The van der Waals surface area contributed by atoms with E-state index in [1.165, 1.54) is 19.8 Å². The van der Waals surface area contributed by atoms with Gasteiger partial charge in [-0.25, -0.2) is 8.42 Å². The van der Waals surface area contributed by atoms with E-state index in [4.69, 9.17) is 11.6 Å². The zero-order valence-corrected chi connectivity index (χ0v) is 20.5. The second kappa shape index (κ2) is 10.5.